The first-order chi connectivity index (χ1) is 24.4. The molecule has 1 radical (unpaired) electrons. The third-order valence-electron chi connectivity index (χ3n) is 10.4. The molecule has 0 amide bonds. The van der Waals surface area contributed by atoms with Crippen LogP contribution in [0.1, 0.15) is 92.5 Å². The number of rotatable bonds is 7. The number of aromatic nitrogens is 2. The van der Waals surface area contributed by atoms with Gasteiger partial charge in [-0.1, -0.05) is 118 Å². The van der Waals surface area contributed by atoms with Gasteiger partial charge < -0.3 is 14.4 Å². The van der Waals surface area contributed by atoms with E-state index in [0.29, 0.717) is 11.8 Å². The molecule has 0 aliphatic heterocycles. The Labute approximate surface area is 316 Å². The van der Waals surface area contributed by atoms with Crippen LogP contribution in [0.3, 0.4) is 0 Å². The van der Waals surface area contributed by atoms with Gasteiger partial charge in [-0.2, -0.15) is 0 Å². The molecule has 3 aromatic heterocycles. The van der Waals surface area contributed by atoms with Crippen molar-refractivity contribution in [1.29, 1.82) is 0 Å². The van der Waals surface area contributed by atoms with E-state index in [2.05, 4.69) is 129 Å². The van der Waals surface area contributed by atoms with Crippen LogP contribution in [0.5, 0.6) is 0 Å². The molecule has 0 spiro atoms. The van der Waals surface area contributed by atoms with Gasteiger partial charge in [-0.15, -0.1) is 59.7 Å². The average molecular weight is 847 g/mol. The molecule has 4 heteroatoms. The molecule has 0 saturated heterocycles. The molecular weight excluding hydrogens is 801 g/mol. The van der Waals surface area contributed by atoms with Crippen molar-refractivity contribution in [2.45, 2.75) is 78.1 Å². The second-order valence-electron chi connectivity index (χ2n) is 14.2. The topological polar surface area (TPSA) is 38.9 Å². The molecular formula is C47H46IrN2O-2. The Hall–Kier alpha value is -4.37. The third-order valence-corrected chi connectivity index (χ3v) is 10.4. The second kappa shape index (κ2) is 16.8. The molecule has 7 aromatic rings. The molecule has 1 aliphatic carbocycles. The zero-order valence-electron chi connectivity index (χ0n) is 30.1. The minimum absolute atomic E-state index is 0. The van der Waals surface area contributed by atoms with Gasteiger partial charge in [-0.05, 0) is 71.5 Å². The van der Waals surface area contributed by atoms with E-state index in [1.165, 1.54) is 66.3 Å². The molecule has 0 bridgehead atoms. The van der Waals surface area contributed by atoms with Crippen LogP contribution in [0.25, 0.3) is 44.5 Å². The molecule has 1 aliphatic rings. The van der Waals surface area contributed by atoms with Gasteiger partial charge in [0.1, 0.15) is 5.58 Å². The SMILES string of the molecule is CC(C)c1ccnc(-c2[c-]cc3oc4ccc(C(C)c5ccccc5)cc4c3c2)c1.Cc1cnc(-c2[c-]cccc2)cc1CC1CCCCC1.[Ir]. The van der Waals surface area contributed by atoms with Gasteiger partial charge >= 0.3 is 0 Å². The Morgan fingerprint density at radius 1 is 0.706 bits per heavy atom. The van der Waals surface area contributed by atoms with Crippen molar-refractivity contribution in [3.05, 3.63) is 155 Å². The van der Waals surface area contributed by atoms with E-state index in [4.69, 9.17) is 4.42 Å². The first-order valence-corrected chi connectivity index (χ1v) is 18.2. The van der Waals surface area contributed by atoms with Crippen molar-refractivity contribution in [2.24, 2.45) is 5.92 Å². The van der Waals surface area contributed by atoms with Gasteiger partial charge in [0, 0.05) is 43.8 Å². The summed E-state index contributed by atoms with van der Waals surface area (Å²) in [5.41, 5.74) is 12.5. The van der Waals surface area contributed by atoms with Crippen molar-refractivity contribution < 1.29 is 24.5 Å². The summed E-state index contributed by atoms with van der Waals surface area (Å²) in [7, 11) is 0. The Balaban J connectivity index is 0.000000186. The van der Waals surface area contributed by atoms with E-state index in [1.807, 2.05) is 36.7 Å². The molecule has 1 saturated carbocycles. The number of fused-ring (bicyclic) bond motifs is 3. The normalized spacial score (nSPS) is 13.8. The van der Waals surface area contributed by atoms with Crippen LogP contribution in [0.4, 0.5) is 0 Å². The monoisotopic (exact) mass is 847 g/mol. The smallest absolute Gasteiger partial charge is 0.120 e. The Bertz CT molecular complexity index is 2180. The van der Waals surface area contributed by atoms with Gasteiger partial charge in [0.25, 0.3) is 0 Å². The van der Waals surface area contributed by atoms with Gasteiger partial charge in [0.05, 0.1) is 5.58 Å². The Kier molecular flexibility index (Phi) is 12.0. The van der Waals surface area contributed by atoms with Crippen molar-refractivity contribution in [3.8, 4) is 22.5 Å². The summed E-state index contributed by atoms with van der Waals surface area (Å²) in [6, 6.07) is 42.5. The van der Waals surface area contributed by atoms with Crippen LogP contribution in [0, 0.1) is 25.0 Å². The predicted molar refractivity (Wildman–Crippen MR) is 207 cm³/mol. The standard InChI is InChI=1S/C28H24NO.C19H22N.Ir/c1-18(2)21-13-14-29-26(17-21)23-10-12-28-25(16-23)24-15-22(9-11-27(24)30-28)19(3)20-7-5-4-6-8-20;1-15-14-20-19(17-10-6-3-7-11-17)13-18(15)12-16-8-4-2-5-9-16;/h4-9,11-19H,1-3H3;3,6-7,10,13-14,16H,2,4-5,8-9,12H2,1H3;/q2*-1;. The number of nitrogens with zero attached hydrogens (tertiary/aromatic N) is 2. The van der Waals surface area contributed by atoms with Gasteiger partial charge in [0.15, 0.2) is 0 Å². The summed E-state index contributed by atoms with van der Waals surface area (Å²) in [5.74, 6) is 1.66. The molecule has 1 atom stereocenters. The van der Waals surface area contributed by atoms with Gasteiger partial charge in [-0.3, -0.25) is 0 Å². The summed E-state index contributed by atoms with van der Waals surface area (Å²) in [4.78, 5) is 9.16. The summed E-state index contributed by atoms with van der Waals surface area (Å²) in [5, 5.41) is 2.25. The van der Waals surface area contributed by atoms with Crippen molar-refractivity contribution in [1.82, 2.24) is 9.97 Å². The fraction of sp³-hybridized carbons (Fsp3) is 0.277. The van der Waals surface area contributed by atoms with E-state index in [-0.39, 0.29) is 20.1 Å². The number of benzene rings is 4. The molecule has 261 valence electrons. The maximum absolute atomic E-state index is 6.09. The zero-order chi connectivity index (χ0) is 34.5. The fourth-order valence-electron chi connectivity index (χ4n) is 7.23. The van der Waals surface area contributed by atoms with Crippen LogP contribution in [-0.4, -0.2) is 9.97 Å². The molecule has 3 nitrogen and oxygen atoms in total. The van der Waals surface area contributed by atoms with Crippen molar-refractivity contribution in [3.63, 3.8) is 0 Å². The van der Waals surface area contributed by atoms with E-state index >= 15 is 0 Å². The molecule has 0 N–H and O–H groups in total. The van der Waals surface area contributed by atoms with Crippen LogP contribution in [-0.2, 0) is 26.5 Å². The van der Waals surface area contributed by atoms with Gasteiger partial charge in [0.2, 0.25) is 0 Å². The minimum atomic E-state index is 0. The Morgan fingerprint density at radius 3 is 2.24 bits per heavy atom. The quantitative estimate of drug-likeness (QED) is 0.150. The number of aryl methyl sites for hydroxylation is 1. The number of pyridine rings is 2. The first-order valence-electron chi connectivity index (χ1n) is 18.2. The van der Waals surface area contributed by atoms with Crippen molar-refractivity contribution in [2.75, 3.05) is 0 Å². The third kappa shape index (κ3) is 8.58. The molecule has 3 heterocycles. The second-order valence-corrected chi connectivity index (χ2v) is 14.2. The van der Waals surface area contributed by atoms with Crippen molar-refractivity contribution >= 4 is 21.9 Å². The molecule has 1 unspecified atom stereocenters. The first kappa shape index (κ1) is 36.4. The van der Waals surface area contributed by atoms with E-state index in [0.717, 1.165) is 50.4 Å². The maximum Gasteiger partial charge on any atom is 0.120 e. The maximum atomic E-state index is 6.09. The molecule has 1 fully saturated rings. The average Bonchev–Trinajstić information content (AvgIpc) is 3.54. The van der Waals surface area contributed by atoms with Crippen LogP contribution in [0.15, 0.2) is 120 Å². The summed E-state index contributed by atoms with van der Waals surface area (Å²) >= 11 is 0. The van der Waals surface area contributed by atoms with E-state index < -0.39 is 0 Å². The largest absolute Gasteiger partial charge is 0.500 e. The van der Waals surface area contributed by atoms with Crippen LogP contribution >= 0.6 is 0 Å². The summed E-state index contributed by atoms with van der Waals surface area (Å²) in [6.45, 7) is 8.83. The zero-order valence-corrected chi connectivity index (χ0v) is 32.5. The number of furan rings is 1. The van der Waals surface area contributed by atoms with Gasteiger partial charge in [-0.25, -0.2) is 0 Å². The summed E-state index contributed by atoms with van der Waals surface area (Å²) in [6.07, 6.45) is 12.2. The Morgan fingerprint density at radius 2 is 1.47 bits per heavy atom. The fourth-order valence-corrected chi connectivity index (χ4v) is 7.23. The predicted octanol–water partition coefficient (Wildman–Crippen LogP) is 12.7. The number of hydrogen-bond donors (Lipinski definition) is 0. The van der Waals surface area contributed by atoms with E-state index in [9.17, 15) is 0 Å². The van der Waals surface area contributed by atoms with Crippen LogP contribution < -0.4 is 0 Å². The molecule has 8 rings (SSSR count). The summed E-state index contributed by atoms with van der Waals surface area (Å²) < 4.78 is 6.09. The van der Waals surface area contributed by atoms with E-state index in [1.54, 1.807) is 0 Å². The molecule has 51 heavy (non-hydrogen) atoms. The minimum Gasteiger partial charge on any atom is -0.500 e. The van der Waals surface area contributed by atoms with Crippen LogP contribution in [0.2, 0.25) is 0 Å². The molecule has 4 aromatic carbocycles. The number of hydrogen-bond acceptors (Lipinski definition) is 3.